The molecule has 0 aromatic heterocycles. The van der Waals surface area contributed by atoms with Crippen LogP contribution < -0.4 is 10.1 Å². The van der Waals surface area contributed by atoms with E-state index in [1.54, 1.807) is 31.2 Å². The number of amidine groups is 1. The Balaban J connectivity index is 1.79. The highest BCUT2D eigenvalue weighted by Crippen LogP contribution is 2.38. The van der Waals surface area contributed by atoms with E-state index in [9.17, 15) is 22.8 Å². The number of benzene rings is 2. The monoisotopic (exact) mass is 513 g/mol. The van der Waals surface area contributed by atoms with Gasteiger partial charge in [0.25, 0.3) is 0 Å². The number of carbonyl (C=O) groups is 2. The third kappa shape index (κ3) is 6.44. The van der Waals surface area contributed by atoms with Crippen molar-refractivity contribution in [2.45, 2.75) is 38.1 Å². The first kappa shape index (κ1) is 25.9. The highest BCUT2D eigenvalue weighted by atomic mass is 35.5. The van der Waals surface area contributed by atoms with E-state index in [0.717, 1.165) is 30.3 Å². The van der Waals surface area contributed by atoms with Gasteiger partial charge >= 0.3 is 6.18 Å². The lowest BCUT2D eigenvalue weighted by Gasteiger charge is -2.31. The fourth-order valence-corrected chi connectivity index (χ4v) is 4.53. The number of anilines is 1. The number of carbonyl (C=O) groups excluding carboxylic acids is 2. The predicted octanol–water partition coefficient (Wildman–Crippen LogP) is 6.13. The van der Waals surface area contributed by atoms with Crippen LogP contribution in [0.5, 0.6) is 5.75 Å². The Hall–Kier alpha value is -2.72. The number of nitrogens with one attached hydrogen (secondary N) is 1. The summed E-state index contributed by atoms with van der Waals surface area (Å²) in [5.41, 5.74) is -0.508. The summed E-state index contributed by atoms with van der Waals surface area (Å²) >= 11 is 6.71. The van der Waals surface area contributed by atoms with Crippen LogP contribution in [0.4, 0.5) is 24.5 Å². The first-order valence-corrected chi connectivity index (χ1v) is 11.8. The summed E-state index contributed by atoms with van der Waals surface area (Å²) in [5.74, 6) is -0.0687. The van der Waals surface area contributed by atoms with Crippen LogP contribution in [0.2, 0.25) is 5.02 Å². The van der Waals surface area contributed by atoms with E-state index in [2.05, 4.69) is 10.3 Å². The molecule has 2 aromatic rings. The van der Waals surface area contributed by atoms with Gasteiger partial charge in [-0.2, -0.15) is 13.2 Å². The second-order valence-corrected chi connectivity index (χ2v) is 8.94. The lowest BCUT2D eigenvalue weighted by molar-refractivity contribution is -0.137. The number of ether oxygens (including phenoxy) is 1. The number of hydrogen-bond donors (Lipinski definition) is 1. The first-order valence-electron chi connectivity index (χ1n) is 10.6. The number of amides is 2. The van der Waals surface area contributed by atoms with Gasteiger partial charge in [-0.05, 0) is 55.8 Å². The smallest absolute Gasteiger partial charge is 0.417 e. The van der Waals surface area contributed by atoms with Gasteiger partial charge in [0.1, 0.15) is 11.0 Å². The van der Waals surface area contributed by atoms with E-state index in [4.69, 9.17) is 16.3 Å². The summed E-state index contributed by atoms with van der Waals surface area (Å²) in [5, 5.41) is 1.68. The maximum absolute atomic E-state index is 13.2. The molecule has 11 heteroatoms. The zero-order valence-electron chi connectivity index (χ0n) is 18.5. The van der Waals surface area contributed by atoms with Crippen LogP contribution in [-0.2, 0) is 15.8 Å². The summed E-state index contributed by atoms with van der Waals surface area (Å²) in [6.07, 6.45) is -3.83. The van der Waals surface area contributed by atoms with Crippen molar-refractivity contribution in [2.24, 2.45) is 4.99 Å². The second kappa shape index (κ2) is 11.1. The molecule has 1 unspecified atom stereocenters. The fourth-order valence-electron chi connectivity index (χ4n) is 3.14. The van der Waals surface area contributed by atoms with Gasteiger partial charge in [0.2, 0.25) is 11.8 Å². The van der Waals surface area contributed by atoms with E-state index < -0.39 is 27.9 Å². The van der Waals surface area contributed by atoms with Crippen LogP contribution in [0.3, 0.4) is 0 Å². The zero-order chi connectivity index (χ0) is 24.9. The highest BCUT2D eigenvalue weighted by Gasteiger charge is 2.36. The van der Waals surface area contributed by atoms with Crippen molar-refractivity contribution in [2.75, 3.05) is 18.5 Å². The van der Waals surface area contributed by atoms with Gasteiger partial charge in [0.15, 0.2) is 5.17 Å². The number of hydrogen-bond acceptors (Lipinski definition) is 5. The van der Waals surface area contributed by atoms with Gasteiger partial charge in [0.05, 0.1) is 22.9 Å². The summed E-state index contributed by atoms with van der Waals surface area (Å²) in [6.45, 7) is 4.56. The quantitative estimate of drug-likeness (QED) is 0.483. The Labute approximate surface area is 204 Å². The summed E-state index contributed by atoms with van der Waals surface area (Å²) < 4.78 is 45.1. The lowest BCUT2D eigenvalue weighted by atomic mass is 10.2. The third-order valence-electron chi connectivity index (χ3n) is 4.82. The topological polar surface area (TPSA) is 71.0 Å². The van der Waals surface area contributed by atoms with Crippen LogP contribution in [0.25, 0.3) is 0 Å². The van der Waals surface area contributed by atoms with Crippen molar-refractivity contribution in [3.8, 4) is 5.75 Å². The Kier molecular flexibility index (Phi) is 8.48. The van der Waals surface area contributed by atoms with Crippen LogP contribution >= 0.6 is 23.4 Å². The number of rotatable bonds is 7. The van der Waals surface area contributed by atoms with Gasteiger partial charge in [-0.3, -0.25) is 14.5 Å². The van der Waals surface area contributed by atoms with Crippen molar-refractivity contribution < 1.29 is 27.5 Å². The van der Waals surface area contributed by atoms with E-state index in [-0.39, 0.29) is 29.7 Å². The van der Waals surface area contributed by atoms with Crippen LogP contribution in [0.15, 0.2) is 47.5 Å². The molecule has 6 nitrogen and oxygen atoms in total. The number of thioether (sulfide) groups is 1. The number of aliphatic imine (C=N–C) groups is 1. The summed E-state index contributed by atoms with van der Waals surface area (Å²) in [7, 11) is 0. The molecule has 34 heavy (non-hydrogen) atoms. The van der Waals surface area contributed by atoms with E-state index in [0.29, 0.717) is 18.0 Å². The normalized spacial score (nSPS) is 17.7. The summed E-state index contributed by atoms with van der Waals surface area (Å²) in [4.78, 5) is 31.1. The molecule has 0 spiro atoms. The molecule has 0 bridgehead atoms. The SMILES string of the molecule is CCCOc1ccc(NC(=O)C2CC(=O)N(CC)C(=Nc3ccc(Cl)c(C(F)(F)F)c3)S2)cc1. The minimum absolute atomic E-state index is 0.0193. The molecule has 182 valence electrons. The Morgan fingerprint density at radius 1 is 1.24 bits per heavy atom. The molecule has 2 aromatic carbocycles. The van der Waals surface area contributed by atoms with Crippen LogP contribution in [0.1, 0.15) is 32.3 Å². The fraction of sp³-hybridized carbons (Fsp3) is 0.348. The molecule has 0 aliphatic carbocycles. The molecule has 0 saturated carbocycles. The average molecular weight is 514 g/mol. The van der Waals surface area contributed by atoms with E-state index in [1.807, 2.05) is 6.92 Å². The molecular weight excluding hydrogens is 491 g/mol. The van der Waals surface area contributed by atoms with Gasteiger partial charge in [0, 0.05) is 18.7 Å². The molecule has 0 radical (unpaired) electrons. The summed E-state index contributed by atoms with van der Waals surface area (Å²) in [6, 6.07) is 10.1. The van der Waals surface area contributed by atoms with E-state index in [1.165, 1.54) is 11.0 Å². The van der Waals surface area contributed by atoms with Gasteiger partial charge in [-0.25, -0.2) is 4.99 Å². The largest absolute Gasteiger partial charge is 0.494 e. The maximum atomic E-state index is 13.2. The van der Waals surface area contributed by atoms with Crippen LogP contribution in [-0.4, -0.2) is 40.3 Å². The molecule has 1 saturated heterocycles. The molecular formula is C23H23ClF3N3O3S. The molecule has 3 rings (SSSR count). The number of alkyl halides is 3. The lowest BCUT2D eigenvalue weighted by Crippen LogP contribution is -2.45. The highest BCUT2D eigenvalue weighted by molar-refractivity contribution is 8.15. The molecule has 1 aliphatic rings. The average Bonchev–Trinajstić information content (AvgIpc) is 2.79. The van der Waals surface area contributed by atoms with Crippen molar-refractivity contribution >= 4 is 51.7 Å². The molecule has 1 atom stereocenters. The maximum Gasteiger partial charge on any atom is 0.417 e. The van der Waals surface area contributed by atoms with Crippen molar-refractivity contribution in [1.29, 1.82) is 0 Å². The minimum atomic E-state index is -4.65. The van der Waals surface area contributed by atoms with Gasteiger partial charge in [-0.1, -0.05) is 30.3 Å². The predicted molar refractivity (Wildman–Crippen MR) is 128 cm³/mol. The Bertz CT molecular complexity index is 1080. The molecule has 1 aliphatic heterocycles. The molecule has 1 N–H and O–H groups in total. The van der Waals surface area contributed by atoms with Crippen LogP contribution in [0, 0.1) is 0 Å². The zero-order valence-corrected chi connectivity index (χ0v) is 20.1. The van der Waals surface area contributed by atoms with Crippen molar-refractivity contribution in [1.82, 2.24) is 4.90 Å². The third-order valence-corrected chi connectivity index (χ3v) is 6.34. The second-order valence-electron chi connectivity index (χ2n) is 7.37. The molecule has 1 heterocycles. The minimum Gasteiger partial charge on any atom is -0.494 e. The number of nitrogens with zero attached hydrogens (tertiary/aromatic N) is 2. The molecule has 2 amide bonds. The van der Waals surface area contributed by atoms with Gasteiger partial charge < -0.3 is 10.1 Å². The van der Waals surface area contributed by atoms with Crippen molar-refractivity contribution in [3.05, 3.63) is 53.1 Å². The van der Waals surface area contributed by atoms with E-state index >= 15 is 0 Å². The number of halogens is 4. The Morgan fingerprint density at radius 3 is 2.56 bits per heavy atom. The molecule has 1 fully saturated rings. The van der Waals surface area contributed by atoms with Crippen molar-refractivity contribution in [3.63, 3.8) is 0 Å². The van der Waals surface area contributed by atoms with Gasteiger partial charge in [-0.15, -0.1) is 0 Å². The standard InChI is InChI=1S/C23H23ClF3N3O3S/c1-3-11-33-16-8-5-14(6-9-16)28-21(32)19-13-20(31)30(4-2)22(34-19)29-15-7-10-18(24)17(12-15)23(25,26)27/h5-10,12,19H,3-4,11,13H2,1-2H3,(H,28,32). The first-order chi connectivity index (χ1) is 16.1. The Morgan fingerprint density at radius 2 is 1.94 bits per heavy atom.